The Morgan fingerprint density at radius 1 is 1.25 bits per heavy atom. The predicted octanol–water partition coefficient (Wildman–Crippen LogP) is 1.22. The van der Waals surface area contributed by atoms with Crippen molar-refractivity contribution in [3.05, 3.63) is 0 Å². The molecule has 2 rings (SSSR count). The third-order valence-electron chi connectivity index (χ3n) is 3.91. The van der Waals surface area contributed by atoms with Gasteiger partial charge in [-0.15, -0.1) is 0 Å². The van der Waals surface area contributed by atoms with Crippen molar-refractivity contribution in [2.75, 3.05) is 26.2 Å². The van der Waals surface area contributed by atoms with Crippen LogP contribution in [0.15, 0.2) is 0 Å². The minimum atomic E-state index is -0.0892. The summed E-state index contributed by atoms with van der Waals surface area (Å²) in [6, 6.07) is 0.640. The number of aliphatic hydroxyl groups is 1. The zero-order valence-electron chi connectivity index (χ0n) is 10.5. The van der Waals surface area contributed by atoms with E-state index in [1.807, 2.05) is 0 Å². The van der Waals surface area contributed by atoms with Crippen LogP contribution in [0.4, 0.5) is 0 Å². The monoisotopic (exact) mass is 226 g/mol. The molecule has 0 amide bonds. The molecule has 0 aromatic rings. The summed E-state index contributed by atoms with van der Waals surface area (Å²) >= 11 is 0. The Labute approximate surface area is 99.2 Å². The van der Waals surface area contributed by atoms with Crippen molar-refractivity contribution in [2.24, 2.45) is 5.92 Å². The van der Waals surface area contributed by atoms with E-state index in [9.17, 15) is 5.11 Å². The smallest absolute Gasteiger partial charge is 0.0692 e. The Morgan fingerprint density at radius 3 is 2.50 bits per heavy atom. The van der Waals surface area contributed by atoms with Gasteiger partial charge in [-0.1, -0.05) is 6.92 Å². The summed E-state index contributed by atoms with van der Waals surface area (Å²) in [5.41, 5.74) is 0. The molecule has 2 fully saturated rings. The first-order valence-corrected chi connectivity index (χ1v) is 6.93. The van der Waals surface area contributed by atoms with Gasteiger partial charge in [-0.05, 0) is 57.7 Å². The average Bonchev–Trinajstić information content (AvgIpc) is 3.12. The van der Waals surface area contributed by atoms with Crippen LogP contribution >= 0.6 is 0 Å². The molecule has 1 saturated carbocycles. The molecule has 2 N–H and O–H groups in total. The molecule has 94 valence electrons. The third kappa shape index (κ3) is 3.72. The van der Waals surface area contributed by atoms with Crippen LogP contribution in [0, 0.1) is 5.92 Å². The number of hydrogen-bond donors (Lipinski definition) is 2. The Hall–Kier alpha value is -0.120. The van der Waals surface area contributed by atoms with E-state index in [1.165, 1.54) is 51.7 Å². The van der Waals surface area contributed by atoms with E-state index in [0.29, 0.717) is 12.0 Å². The van der Waals surface area contributed by atoms with E-state index >= 15 is 0 Å². The van der Waals surface area contributed by atoms with Crippen LogP contribution in [0.1, 0.15) is 39.0 Å². The van der Waals surface area contributed by atoms with Crippen LogP contribution in [-0.4, -0.2) is 48.3 Å². The number of piperidine rings is 1. The van der Waals surface area contributed by atoms with Crippen LogP contribution in [0.3, 0.4) is 0 Å². The van der Waals surface area contributed by atoms with Crippen molar-refractivity contribution in [3.8, 4) is 0 Å². The summed E-state index contributed by atoms with van der Waals surface area (Å²) in [5.74, 6) is 0.604. The van der Waals surface area contributed by atoms with Crippen LogP contribution in [0.25, 0.3) is 0 Å². The third-order valence-corrected chi connectivity index (χ3v) is 3.91. The van der Waals surface area contributed by atoms with Gasteiger partial charge in [0.15, 0.2) is 0 Å². The van der Waals surface area contributed by atoms with E-state index in [1.54, 1.807) is 0 Å². The zero-order chi connectivity index (χ0) is 11.4. The molecule has 16 heavy (non-hydrogen) atoms. The second-order valence-electron chi connectivity index (χ2n) is 5.43. The Morgan fingerprint density at radius 2 is 1.94 bits per heavy atom. The topological polar surface area (TPSA) is 35.5 Å². The molecule has 1 aliphatic heterocycles. The van der Waals surface area contributed by atoms with E-state index in [0.717, 1.165) is 6.54 Å². The van der Waals surface area contributed by atoms with Gasteiger partial charge in [0.1, 0.15) is 0 Å². The van der Waals surface area contributed by atoms with Gasteiger partial charge < -0.3 is 15.3 Å². The summed E-state index contributed by atoms with van der Waals surface area (Å²) in [7, 11) is 0. The summed E-state index contributed by atoms with van der Waals surface area (Å²) in [5, 5.41) is 13.3. The van der Waals surface area contributed by atoms with E-state index in [2.05, 4.69) is 17.1 Å². The molecule has 2 aliphatic rings. The number of likely N-dealkylation sites (tertiary alicyclic amines) is 1. The van der Waals surface area contributed by atoms with Gasteiger partial charge in [0.2, 0.25) is 0 Å². The number of aliphatic hydroxyl groups excluding tert-OH is 1. The summed E-state index contributed by atoms with van der Waals surface area (Å²) in [6.45, 7) is 6.76. The lowest BCUT2D eigenvalue weighted by Crippen LogP contribution is -2.45. The minimum absolute atomic E-state index is 0.0892. The maximum atomic E-state index is 9.78. The predicted molar refractivity (Wildman–Crippen MR) is 66.5 cm³/mol. The molecule has 0 aromatic carbocycles. The number of hydrogen-bond acceptors (Lipinski definition) is 3. The highest BCUT2D eigenvalue weighted by Crippen LogP contribution is 2.32. The number of nitrogens with one attached hydrogen (secondary N) is 1. The van der Waals surface area contributed by atoms with Gasteiger partial charge in [-0.3, -0.25) is 0 Å². The molecule has 0 radical (unpaired) electrons. The van der Waals surface area contributed by atoms with Crippen molar-refractivity contribution in [1.29, 1.82) is 0 Å². The quantitative estimate of drug-likeness (QED) is 0.715. The van der Waals surface area contributed by atoms with Crippen molar-refractivity contribution < 1.29 is 5.11 Å². The normalized spacial score (nSPS) is 25.9. The van der Waals surface area contributed by atoms with Crippen LogP contribution in [0.2, 0.25) is 0 Å². The molecular weight excluding hydrogens is 200 g/mol. The SMILES string of the molecule is CCCN1CCC(NCC(O)C2CC2)CC1. The zero-order valence-corrected chi connectivity index (χ0v) is 10.5. The van der Waals surface area contributed by atoms with Gasteiger partial charge in [0.05, 0.1) is 6.10 Å². The largest absolute Gasteiger partial charge is 0.392 e. The molecule has 3 nitrogen and oxygen atoms in total. The summed E-state index contributed by atoms with van der Waals surface area (Å²) in [6.07, 6.45) is 6.14. The Bertz CT molecular complexity index is 198. The van der Waals surface area contributed by atoms with E-state index in [4.69, 9.17) is 0 Å². The molecule has 1 saturated heterocycles. The average molecular weight is 226 g/mol. The lowest BCUT2D eigenvalue weighted by molar-refractivity contribution is 0.133. The van der Waals surface area contributed by atoms with Crippen molar-refractivity contribution in [1.82, 2.24) is 10.2 Å². The minimum Gasteiger partial charge on any atom is -0.392 e. The van der Waals surface area contributed by atoms with Crippen LogP contribution < -0.4 is 5.32 Å². The highest BCUT2D eigenvalue weighted by molar-refractivity contribution is 4.84. The Balaban J connectivity index is 1.57. The number of rotatable bonds is 6. The second-order valence-corrected chi connectivity index (χ2v) is 5.43. The highest BCUT2D eigenvalue weighted by atomic mass is 16.3. The lowest BCUT2D eigenvalue weighted by Gasteiger charge is -2.32. The summed E-state index contributed by atoms with van der Waals surface area (Å²) in [4.78, 5) is 2.55. The molecule has 3 heteroatoms. The molecule has 1 aliphatic carbocycles. The van der Waals surface area contributed by atoms with Crippen LogP contribution in [0.5, 0.6) is 0 Å². The fourth-order valence-electron chi connectivity index (χ4n) is 2.61. The fourth-order valence-corrected chi connectivity index (χ4v) is 2.61. The lowest BCUT2D eigenvalue weighted by atomic mass is 10.0. The Kier molecular flexibility index (Phi) is 4.62. The molecule has 0 aromatic heterocycles. The van der Waals surface area contributed by atoms with Crippen LogP contribution in [-0.2, 0) is 0 Å². The van der Waals surface area contributed by atoms with Gasteiger partial charge in [0.25, 0.3) is 0 Å². The first kappa shape index (κ1) is 12.3. The first-order chi connectivity index (χ1) is 7.79. The molecule has 1 atom stereocenters. The number of nitrogens with zero attached hydrogens (tertiary/aromatic N) is 1. The molecule has 1 unspecified atom stereocenters. The van der Waals surface area contributed by atoms with E-state index < -0.39 is 0 Å². The van der Waals surface area contributed by atoms with Crippen molar-refractivity contribution >= 4 is 0 Å². The van der Waals surface area contributed by atoms with Gasteiger partial charge in [-0.25, -0.2) is 0 Å². The van der Waals surface area contributed by atoms with Gasteiger partial charge >= 0.3 is 0 Å². The molecule has 0 spiro atoms. The molecule has 1 heterocycles. The molecule has 0 bridgehead atoms. The van der Waals surface area contributed by atoms with Gasteiger partial charge in [-0.2, -0.15) is 0 Å². The maximum absolute atomic E-state index is 9.78. The highest BCUT2D eigenvalue weighted by Gasteiger charge is 2.30. The van der Waals surface area contributed by atoms with E-state index in [-0.39, 0.29) is 6.10 Å². The second kappa shape index (κ2) is 5.99. The summed E-state index contributed by atoms with van der Waals surface area (Å²) < 4.78 is 0. The first-order valence-electron chi connectivity index (χ1n) is 6.93. The standard InChI is InChI=1S/C13H26N2O/c1-2-7-15-8-5-12(6-9-15)14-10-13(16)11-3-4-11/h11-14,16H,2-10H2,1H3. The fraction of sp³-hybridized carbons (Fsp3) is 1.00. The molecular formula is C13H26N2O. The maximum Gasteiger partial charge on any atom is 0.0692 e. The van der Waals surface area contributed by atoms with Crippen molar-refractivity contribution in [2.45, 2.75) is 51.2 Å². The van der Waals surface area contributed by atoms with Gasteiger partial charge in [0, 0.05) is 12.6 Å². The van der Waals surface area contributed by atoms with Crippen molar-refractivity contribution in [3.63, 3.8) is 0 Å².